The van der Waals surface area contributed by atoms with E-state index in [2.05, 4.69) is 37.0 Å². The van der Waals surface area contributed by atoms with E-state index in [4.69, 9.17) is 4.74 Å². The summed E-state index contributed by atoms with van der Waals surface area (Å²) >= 11 is 0. The van der Waals surface area contributed by atoms with Crippen LogP contribution in [0.5, 0.6) is 0 Å². The van der Waals surface area contributed by atoms with Crippen LogP contribution in [0.15, 0.2) is 12.3 Å². The second kappa shape index (κ2) is 4.50. The van der Waals surface area contributed by atoms with E-state index in [0.29, 0.717) is 5.92 Å². The molecule has 0 saturated carbocycles. The molecule has 3 nitrogen and oxygen atoms in total. The molecule has 0 radical (unpaired) electrons. The number of aromatic nitrogens is 2. The largest absolute Gasteiger partial charge is 0.381 e. The first kappa shape index (κ1) is 11.5. The molecule has 88 valence electrons. The molecule has 0 amide bonds. The van der Waals surface area contributed by atoms with Gasteiger partial charge in [0.25, 0.3) is 0 Å². The van der Waals surface area contributed by atoms with Crippen LogP contribution in [0.3, 0.4) is 0 Å². The van der Waals surface area contributed by atoms with Crippen LogP contribution >= 0.6 is 0 Å². The molecule has 1 aromatic heterocycles. The van der Waals surface area contributed by atoms with Crippen molar-refractivity contribution in [1.82, 2.24) is 10.2 Å². The van der Waals surface area contributed by atoms with E-state index in [1.54, 1.807) is 0 Å². The summed E-state index contributed by atoms with van der Waals surface area (Å²) in [5.41, 5.74) is 2.51. The van der Waals surface area contributed by atoms with E-state index in [1.165, 1.54) is 5.56 Å². The highest BCUT2D eigenvalue weighted by atomic mass is 16.5. The van der Waals surface area contributed by atoms with Crippen LogP contribution in [0, 0.1) is 5.92 Å². The Bertz CT molecular complexity index is 351. The molecule has 0 bridgehead atoms. The zero-order valence-electron chi connectivity index (χ0n) is 10.4. The Morgan fingerprint density at radius 2 is 2.25 bits per heavy atom. The Hall–Kier alpha value is -0.960. The Kier molecular flexibility index (Phi) is 3.24. The SMILES string of the molecule is CC(C)(C)c1cnnc(CC2CCOC2)c1. The van der Waals surface area contributed by atoms with Crippen molar-refractivity contribution in [3.63, 3.8) is 0 Å². The quantitative estimate of drug-likeness (QED) is 0.767. The number of nitrogens with zero attached hydrogens (tertiary/aromatic N) is 2. The predicted octanol–water partition coefficient (Wildman–Crippen LogP) is 2.35. The van der Waals surface area contributed by atoms with Crippen LogP contribution in [-0.4, -0.2) is 23.4 Å². The number of rotatable bonds is 2. The summed E-state index contributed by atoms with van der Waals surface area (Å²) < 4.78 is 5.38. The van der Waals surface area contributed by atoms with E-state index in [1.807, 2.05) is 6.20 Å². The highest BCUT2D eigenvalue weighted by molar-refractivity contribution is 5.20. The average Bonchev–Trinajstić information content (AvgIpc) is 2.70. The molecule has 1 aliphatic heterocycles. The van der Waals surface area contributed by atoms with Crippen LogP contribution in [0.25, 0.3) is 0 Å². The van der Waals surface area contributed by atoms with E-state index >= 15 is 0 Å². The van der Waals surface area contributed by atoms with Crippen molar-refractivity contribution in [3.8, 4) is 0 Å². The van der Waals surface area contributed by atoms with E-state index in [9.17, 15) is 0 Å². The van der Waals surface area contributed by atoms with Crippen molar-refractivity contribution in [2.24, 2.45) is 5.92 Å². The molecule has 16 heavy (non-hydrogen) atoms. The first-order valence-electron chi connectivity index (χ1n) is 5.95. The lowest BCUT2D eigenvalue weighted by molar-refractivity contribution is 0.185. The normalized spacial score (nSPS) is 21.3. The van der Waals surface area contributed by atoms with Crippen molar-refractivity contribution >= 4 is 0 Å². The van der Waals surface area contributed by atoms with E-state index in [-0.39, 0.29) is 5.41 Å². The van der Waals surface area contributed by atoms with Crippen LogP contribution in [0.2, 0.25) is 0 Å². The van der Waals surface area contributed by atoms with Crippen molar-refractivity contribution in [2.45, 2.75) is 39.0 Å². The van der Waals surface area contributed by atoms with Crippen LogP contribution in [-0.2, 0) is 16.6 Å². The number of hydrogen-bond acceptors (Lipinski definition) is 3. The smallest absolute Gasteiger partial charge is 0.0637 e. The molecule has 2 rings (SSSR count). The Morgan fingerprint density at radius 3 is 2.88 bits per heavy atom. The van der Waals surface area contributed by atoms with Crippen molar-refractivity contribution in [1.29, 1.82) is 0 Å². The fraction of sp³-hybridized carbons (Fsp3) is 0.692. The fourth-order valence-electron chi connectivity index (χ4n) is 1.96. The number of ether oxygens (including phenoxy) is 1. The molecule has 2 heterocycles. The maximum absolute atomic E-state index is 5.38. The Morgan fingerprint density at radius 1 is 1.44 bits per heavy atom. The van der Waals surface area contributed by atoms with Gasteiger partial charge in [0.05, 0.1) is 11.9 Å². The van der Waals surface area contributed by atoms with E-state index < -0.39 is 0 Å². The molecule has 3 heteroatoms. The maximum atomic E-state index is 5.38. The highest BCUT2D eigenvalue weighted by Gasteiger charge is 2.19. The molecular weight excluding hydrogens is 200 g/mol. The van der Waals surface area contributed by atoms with Crippen molar-refractivity contribution in [2.75, 3.05) is 13.2 Å². The molecule has 1 aromatic rings. The van der Waals surface area contributed by atoms with Gasteiger partial charge in [0, 0.05) is 13.2 Å². The van der Waals surface area contributed by atoms with Crippen molar-refractivity contribution in [3.05, 3.63) is 23.5 Å². The third-order valence-corrected chi connectivity index (χ3v) is 3.09. The first-order chi connectivity index (χ1) is 7.55. The second-order valence-electron chi connectivity index (χ2n) is 5.62. The van der Waals surface area contributed by atoms with Crippen LogP contribution in [0.1, 0.15) is 38.4 Å². The standard InChI is InChI=1S/C13H20N2O/c1-13(2,3)11-7-12(15-14-8-11)6-10-4-5-16-9-10/h7-8,10H,4-6,9H2,1-3H3. The molecule has 1 saturated heterocycles. The zero-order valence-corrected chi connectivity index (χ0v) is 10.4. The van der Waals surface area contributed by atoms with Gasteiger partial charge in [0.15, 0.2) is 0 Å². The summed E-state index contributed by atoms with van der Waals surface area (Å²) in [5, 5.41) is 8.31. The summed E-state index contributed by atoms with van der Waals surface area (Å²) in [4.78, 5) is 0. The lowest BCUT2D eigenvalue weighted by Crippen LogP contribution is -2.14. The molecule has 0 spiro atoms. The van der Waals surface area contributed by atoms with E-state index in [0.717, 1.165) is 31.7 Å². The van der Waals surface area contributed by atoms with Gasteiger partial charge < -0.3 is 4.74 Å². The minimum Gasteiger partial charge on any atom is -0.381 e. The lowest BCUT2D eigenvalue weighted by atomic mass is 9.87. The number of hydrogen-bond donors (Lipinski definition) is 0. The second-order valence-corrected chi connectivity index (χ2v) is 5.62. The summed E-state index contributed by atoms with van der Waals surface area (Å²) in [6.45, 7) is 8.38. The first-order valence-corrected chi connectivity index (χ1v) is 5.95. The summed E-state index contributed by atoms with van der Waals surface area (Å²) in [6, 6.07) is 2.19. The topological polar surface area (TPSA) is 35.0 Å². The molecule has 1 aliphatic rings. The highest BCUT2D eigenvalue weighted by Crippen LogP contribution is 2.23. The van der Waals surface area contributed by atoms with Gasteiger partial charge in [0.2, 0.25) is 0 Å². The lowest BCUT2D eigenvalue weighted by Gasteiger charge is -2.19. The Balaban J connectivity index is 2.09. The van der Waals surface area contributed by atoms with Gasteiger partial charge in [-0.15, -0.1) is 0 Å². The van der Waals surface area contributed by atoms with Crippen LogP contribution < -0.4 is 0 Å². The third kappa shape index (κ3) is 2.79. The summed E-state index contributed by atoms with van der Waals surface area (Å²) in [5.74, 6) is 0.629. The van der Waals surface area contributed by atoms with Gasteiger partial charge in [0.1, 0.15) is 0 Å². The molecule has 0 N–H and O–H groups in total. The molecule has 1 atom stereocenters. The summed E-state index contributed by atoms with van der Waals surface area (Å²) in [6.07, 6.45) is 4.02. The molecule has 0 aromatic carbocycles. The maximum Gasteiger partial charge on any atom is 0.0637 e. The molecule has 1 unspecified atom stereocenters. The zero-order chi connectivity index (χ0) is 11.6. The predicted molar refractivity (Wildman–Crippen MR) is 63.4 cm³/mol. The minimum absolute atomic E-state index is 0.150. The van der Waals surface area contributed by atoms with Crippen molar-refractivity contribution < 1.29 is 4.74 Å². The van der Waals surface area contributed by atoms with Gasteiger partial charge in [-0.2, -0.15) is 10.2 Å². The third-order valence-electron chi connectivity index (χ3n) is 3.09. The van der Waals surface area contributed by atoms with Gasteiger partial charge in [-0.25, -0.2) is 0 Å². The monoisotopic (exact) mass is 220 g/mol. The van der Waals surface area contributed by atoms with Gasteiger partial charge >= 0.3 is 0 Å². The van der Waals surface area contributed by atoms with Crippen LogP contribution in [0.4, 0.5) is 0 Å². The minimum atomic E-state index is 0.150. The van der Waals surface area contributed by atoms with Gasteiger partial charge in [-0.1, -0.05) is 20.8 Å². The van der Waals surface area contributed by atoms with Gasteiger partial charge in [-0.3, -0.25) is 0 Å². The molecule has 0 aliphatic carbocycles. The molecular formula is C13H20N2O. The average molecular weight is 220 g/mol. The Labute approximate surface area is 97.2 Å². The molecule has 1 fully saturated rings. The summed E-state index contributed by atoms with van der Waals surface area (Å²) in [7, 11) is 0. The van der Waals surface area contributed by atoms with Gasteiger partial charge in [-0.05, 0) is 35.8 Å². The fourth-order valence-corrected chi connectivity index (χ4v) is 1.96.